The summed E-state index contributed by atoms with van der Waals surface area (Å²) in [4.78, 5) is 13.0. The lowest BCUT2D eigenvalue weighted by Crippen LogP contribution is -2.32. The summed E-state index contributed by atoms with van der Waals surface area (Å²) < 4.78 is 19.1. The van der Waals surface area contributed by atoms with Gasteiger partial charge in [0.1, 0.15) is 11.6 Å². The Balaban J connectivity index is 1.58. The molecular formula is C24H22FN3O2. The van der Waals surface area contributed by atoms with Crippen LogP contribution in [0.15, 0.2) is 84.0 Å². The largest absolute Gasteiger partial charge is 0.497 e. The minimum absolute atomic E-state index is 0.0564. The molecule has 152 valence electrons. The summed E-state index contributed by atoms with van der Waals surface area (Å²) in [6.07, 6.45) is 0.599. The van der Waals surface area contributed by atoms with E-state index in [9.17, 15) is 9.18 Å². The lowest BCUT2D eigenvalue weighted by molar-refractivity contribution is -0.131. The van der Waals surface area contributed by atoms with Crippen LogP contribution in [-0.4, -0.2) is 30.3 Å². The molecule has 1 aliphatic heterocycles. The van der Waals surface area contributed by atoms with E-state index in [1.807, 2.05) is 54.6 Å². The van der Waals surface area contributed by atoms with E-state index in [0.717, 1.165) is 22.6 Å². The third-order valence-electron chi connectivity index (χ3n) is 5.08. The number of ether oxygens (including phenoxy) is 1. The van der Waals surface area contributed by atoms with Gasteiger partial charge in [0.05, 0.1) is 31.1 Å². The van der Waals surface area contributed by atoms with Crippen molar-refractivity contribution >= 4 is 17.3 Å². The van der Waals surface area contributed by atoms with Gasteiger partial charge < -0.3 is 10.1 Å². The number of nitrogens with zero attached hydrogens (tertiary/aromatic N) is 2. The molecule has 0 saturated heterocycles. The molecule has 0 aliphatic carbocycles. The first-order chi connectivity index (χ1) is 14.7. The van der Waals surface area contributed by atoms with Gasteiger partial charge in [0, 0.05) is 6.42 Å². The van der Waals surface area contributed by atoms with E-state index in [-0.39, 0.29) is 18.5 Å². The van der Waals surface area contributed by atoms with Crippen LogP contribution in [0.5, 0.6) is 5.75 Å². The zero-order valence-electron chi connectivity index (χ0n) is 16.6. The molecule has 5 nitrogen and oxygen atoms in total. The number of hydrogen-bond donors (Lipinski definition) is 1. The third-order valence-corrected chi connectivity index (χ3v) is 5.08. The molecule has 0 fully saturated rings. The van der Waals surface area contributed by atoms with Crippen LogP contribution in [0.25, 0.3) is 0 Å². The summed E-state index contributed by atoms with van der Waals surface area (Å²) in [7, 11) is 1.62. The highest BCUT2D eigenvalue weighted by Crippen LogP contribution is 2.33. The van der Waals surface area contributed by atoms with Crippen molar-refractivity contribution in [2.75, 3.05) is 19.0 Å². The summed E-state index contributed by atoms with van der Waals surface area (Å²) in [5, 5.41) is 9.01. The van der Waals surface area contributed by atoms with Crippen molar-refractivity contribution in [1.82, 2.24) is 5.01 Å². The van der Waals surface area contributed by atoms with Crippen LogP contribution in [0.2, 0.25) is 0 Å². The smallest absolute Gasteiger partial charge is 0.262 e. The molecule has 3 aromatic rings. The molecule has 1 atom stereocenters. The highest BCUT2D eigenvalue weighted by Gasteiger charge is 2.33. The molecule has 1 N–H and O–H groups in total. The minimum Gasteiger partial charge on any atom is -0.497 e. The van der Waals surface area contributed by atoms with E-state index in [1.165, 1.54) is 11.1 Å². The fraction of sp³-hybridized carbons (Fsp3) is 0.167. The number of amides is 1. The van der Waals surface area contributed by atoms with E-state index in [4.69, 9.17) is 4.74 Å². The second-order valence-electron chi connectivity index (χ2n) is 6.98. The Labute approximate surface area is 174 Å². The topological polar surface area (TPSA) is 53.9 Å². The lowest BCUT2D eigenvalue weighted by atomic mass is 9.98. The molecule has 0 aromatic heterocycles. The number of benzene rings is 3. The normalized spacial score (nSPS) is 15.6. The molecule has 0 saturated carbocycles. The van der Waals surface area contributed by atoms with Gasteiger partial charge in [0.25, 0.3) is 5.91 Å². The van der Waals surface area contributed by atoms with E-state index >= 15 is 0 Å². The van der Waals surface area contributed by atoms with Crippen LogP contribution < -0.4 is 10.1 Å². The number of para-hydroxylation sites is 1. The van der Waals surface area contributed by atoms with Crippen molar-refractivity contribution in [3.8, 4) is 5.75 Å². The predicted molar refractivity (Wildman–Crippen MR) is 115 cm³/mol. The quantitative estimate of drug-likeness (QED) is 0.653. The Kier molecular flexibility index (Phi) is 5.75. The molecule has 4 rings (SSSR count). The number of nitrogens with one attached hydrogen (secondary N) is 1. The molecule has 0 spiro atoms. The van der Waals surface area contributed by atoms with E-state index in [1.54, 1.807) is 25.3 Å². The first-order valence-electron chi connectivity index (χ1n) is 9.73. The monoisotopic (exact) mass is 403 g/mol. The molecule has 0 bridgehead atoms. The number of rotatable bonds is 6. The molecule has 1 heterocycles. The summed E-state index contributed by atoms with van der Waals surface area (Å²) in [5.74, 6) is 0.122. The fourth-order valence-electron chi connectivity index (χ4n) is 3.49. The Morgan fingerprint density at radius 3 is 2.47 bits per heavy atom. The number of hydrazone groups is 1. The van der Waals surface area contributed by atoms with Gasteiger partial charge in [-0.1, -0.05) is 54.6 Å². The van der Waals surface area contributed by atoms with Crippen LogP contribution >= 0.6 is 0 Å². The Morgan fingerprint density at radius 2 is 1.77 bits per heavy atom. The highest BCUT2D eigenvalue weighted by molar-refractivity contribution is 6.03. The molecule has 1 aliphatic rings. The number of carbonyl (C=O) groups is 1. The summed E-state index contributed by atoms with van der Waals surface area (Å²) in [5.41, 5.74) is 3.08. The maximum atomic E-state index is 13.9. The van der Waals surface area contributed by atoms with Crippen LogP contribution in [0.1, 0.15) is 23.6 Å². The standard InChI is InChI=1S/C24H22FN3O2/c1-30-19-13-11-18(12-14-19)23-15-22(17-7-3-2-4-8-17)27-28(23)24(29)16-26-21-10-6-5-9-20(21)25/h2-14,23,26H,15-16H2,1H3/t23-/m0/s1. The van der Waals surface area contributed by atoms with Crippen LogP contribution in [0.4, 0.5) is 10.1 Å². The molecular weight excluding hydrogens is 381 g/mol. The van der Waals surface area contributed by atoms with Gasteiger partial charge in [-0.2, -0.15) is 5.10 Å². The Hall–Kier alpha value is -3.67. The molecule has 1 amide bonds. The average Bonchev–Trinajstić information content (AvgIpc) is 3.25. The van der Waals surface area contributed by atoms with Crippen LogP contribution in [-0.2, 0) is 4.79 Å². The highest BCUT2D eigenvalue weighted by atomic mass is 19.1. The number of methoxy groups -OCH3 is 1. The minimum atomic E-state index is -0.396. The van der Waals surface area contributed by atoms with E-state index in [2.05, 4.69) is 10.4 Å². The van der Waals surface area contributed by atoms with Crippen molar-refractivity contribution in [1.29, 1.82) is 0 Å². The molecule has 30 heavy (non-hydrogen) atoms. The van der Waals surface area contributed by atoms with Crippen molar-refractivity contribution < 1.29 is 13.9 Å². The van der Waals surface area contributed by atoms with Crippen molar-refractivity contribution in [3.63, 3.8) is 0 Å². The average molecular weight is 403 g/mol. The first kappa shape index (κ1) is 19.6. The molecule has 3 aromatic carbocycles. The Bertz CT molecular complexity index is 1050. The van der Waals surface area contributed by atoms with Crippen LogP contribution in [0, 0.1) is 5.82 Å². The Morgan fingerprint density at radius 1 is 1.07 bits per heavy atom. The van der Waals surface area contributed by atoms with Crippen LogP contribution in [0.3, 0.4) is 0 Å². The van der Waals surface area contributed by atoms with Gasteiger partial charge in [0.15, 0.2) is 0 Å². The van der Waals surface area contributed by atoms with Gasteiger partial charge in [-0.15, -0.1) is 0 Å². The summed E-state index contributed by atoms with van der Waals surface area (Å²) >= 11 is 0. The predicted octanol–water partition coefficient (Wildman–Crippen LogP) is 4.62. The van der Waals surface area contributed by atoms with E-state index < -0.39 is 5.82 Å². The van der Waals surface area contributed by atoms with Gasteiger partial charge in [-0.25, -0.2) is 9.40 Å². The number of anilines is 1. The lowest BCUT2D eigenvalue weighted by Gasteiger charge is -2.22. The second-order valence-corrected chi connectivity index (χ2v) is 6.98. The van der Waals surface area contributed by atoms with Crippen molar-refractivity contribution in [3.05, 3.63) is 95.8 Å². The maximum absolute atomic E-state index is 13.9. The summed E-state index contributed by atoms with van der Waals surface area (Å²) in [6.45, 7) is -0.0564. The fourth-order valence-corrected chi connectivity index (χ4v) is 3.49. The van der Waals surface area contributed by atoms with Gasteiger partial charge in [0.2, 0.25) is 0 Å². The zero-order valence-corrected chi connectivity index (χ0v) is 16.6. The zero-order chi connectivity index (χ0) is 20.9. The first-order valence-corrected chi connectivity index (χ1v) is 9.73. The second kappa shape index (κ2) is 8.78. The van der Waals surface area contributed by atoms with Crippen molar-refractivity contribution in [2.45, 2.75) is 12.5 Å². The molecule has 6 heteroatoms. The SMILES string of the molecule is COc1ccc([C@@H]2CC(c3ccccc3)=NN2C(=O)CNc2ccccc2F)cc1. The van der Waals surface area contributed by atoms with E-state index in [0.29, 0.717) is 12.1 Å². The van der Waals surface area contributed by atoms with Gasteiger partial charge >= 0.3 is 0 Å². The number of carbonyl (C=O) groups excluding carboxylic acids is 1. The van der Waals surface area contributed by atoms with Gasteiger partial charge in [-0.05, 0) is 35.4 Å². The third kappa shape index (κ3) is 4.17. The molecule has 0 radical (unpaired) electrons. The summed E-state index contributed by atoms with van der Waals surface area (Å²) in [6, 6.07) is 23.5. The number of hydrogen-bond acceptors (Lipinski definition) is 4. The molecule has 0 unspecified atom stereocenters. The maximum Gasteiger partial charge on any atom is 0.262 e. The van der Waals surface area contributed by atoms with Gasteiger partial charge in [-0.3, -0.25) is 4.79 Å². The number of halogens is 1. The van der Waals surface area contributed by atoms with Crippen molar-refractivity contribution in [2.24, 2.45) is 5.10 Å².